The summed E-state index contributed by atoms with van der Waals surface area (Å²) in [5.74, 6) is -0.338. The SMILES string of the molecule is CC[C@@H](NC(=O)C1CCN(S(=O)(=O)Cc2ccc(Cl)cc2Cl)CC1)c1ccc2c(c1)CCCC2. The van der Waals surface area contributed by atoms with E-state index in [1.165, 1.54) is 28.3 Å². The predicted octanol–water partition coefficient (Wildman–Crippen LogP) is 5.68. The van der Waals surface area contributed by atoms with Crippen LogP contribution in [0.2, 0.25) is 10.0 Å². The van der Waals surface area contributed by atoms with E-state index in [2.05, 4.69) is 30.4 Å². The van der Waals surface area contributed by atoms with Gasteiger partial charge in [-0.2, -0.15) is 0 Å². The molecule has 1 fully saturated rings. The summed E-state index contributed by atoms with van der Waals surface area (Å²) < 4.78 is 27.3. The Morgan fingerprint density at radius 1 is 1.06 bits per heavy atom. The lowest BCUT2D eigenvalue weighted by Gasteiger charge is -2.31. The Morgan fingerprint density at radius 3 is 2.44 bits per heavy atom. The van der Waals surface area contributed by atoms with E-state index < -0.39 is 10.0 Å². The van der Waals surface area contributed by atoms with Crippen LogP contribution < -0.4 is 5.32 Å². The minimum Gasteiger partial charge on any atom is -0.349 e. The van der Waals surface area contributed by atoms with E-state index in [0.29, 0.717) is 41.5 Å². The van der Waals surface area contributed by atoms with E-state index in [-0.39, 0.29) is 23.6 Å². The molecule has 0 aromatic heterocycles. The molecule has 184 valence electrons. The highest BCUT2D eigenvalue weighted by atomic mass is 35.5. The Kier molecular flexibility index (Phi) is 8.24. The van der Waals surface area contributed by atoms with Crippen molar-refractivity contribution in [3.63, 3.8) is 0 Å². The average Bonchev–Trinajstić information content (AvgIpc) is 2.84. The molecule has 0 unspecified atom stereocenters. The number of carbonyl (C=O) groups is 1. The summed E-state index contributed by atoms with van der Waals surface area (Å²) in [4.78, 5) is 13.0. The number of nitrogens with zero attached hydrogens (tertiary/aromatic N) is 1. The van der Waals surface area contributed by atoms with E-state index in [0.717, 1.165) is 24.8 Å². The van der Waals surface area contributed by atoms with Crippen LogP contribution in [-0.2, 0) is 33.4 Å². The van der Waals surface area contributed by atoms with E-state index >= 15 is 0 Å². The zero-order valence-corrected chi connectivity index (χ0v) is 21.9. The summed E-state index contributed by atoms with van der Waals surface area (Å²) in [7, 11) is -3.53. The quantitative estimate of drug-likeness (QED) is 0.508. The Morgan fingerprint density at radius 2 is 1.76 bits per heavy atom. The van der Waals surface area contributed by atoms with Gasteiger partial charge in [0.25, 0.3) is 0 Å². The van der Waals surface area contributed by atoms with Crippen LogP contribution in [0, 0.1) is 5.92 Å². The molecule has 1 N–H and O–H groups in total. The van der Waals surface area contributed by atoms with Crippen molar-refractivity contribution < 1.29 is 13.2 Å². The van der Waals surface area contributed by atoms with Crippen molar-refractivity contribution in [2.45, 2.75) is 63.7 Å². The molecule has 34 heavy (non-hydrogen) atoms. The van der Waals surface area contributed by atoms with Crippen LogP contribution in [0.1, 0.15) is 67.3 Å². The van der Waals surface area contributed by atoms with E-state index in [4.69, 9.17) is 23.2 Å². The number of aryl methyl sites for hydroxylation is 2. The Hall–Kier alpha value is -1.60. The van der Waals surface area contributed by atoms with Gasteiger partial charge in [0.05, 0.1) is 11.8 Å². The van der Waals surface area contributed by atoms with E-state index in [9.17, 15) is 13.2 Å². The molecule has 1 aliphatic heterocycles. The fourth-order valence-corrected chi connectivity index (χ4v) is 7.15. The summed E-state index contributed by atoms with van der Waals surface area (Å²) in [6.45, 7) is 2.75. The van der Waals surface area contributed by atoms with Crippen molar-refractivity contribution in [3.8, 4) is 0 Å². The second kappa shape index (κ2) is 11.0. The van der Waals surface area contributed by atoms with E-state index in [1.54, 1.807) is 18.2 Å². The largest absolute Gasteiger partial charge is 0.349 e. The first kappa shape index (κ1) is 25.5. The Balaban J connectivity index is 1.34. The van der Waals surface area contributed by atoms with E-state index in [1.807, 2.05) is 0 Å². The molecule has 1 aliphatic carbocycles. The molecule has 0 spiro atoms. The molecule has 8 heteroatoms. The van der Waals surface area contributed by atoms with Gasteiger partial charge in [0, 0.05) is 29.1 Å². The minimum atomic E-state index is -3.53. The van der Waals surface area contributed by atoms with Crippen molar-refractivity contribution in [3.05, 3.63) is 68.7 Å². The lowest BCUT2D eigenvalue weighted by molar-refractivity contribution is -0.126. The van der Waals surface area contributed by atoms with Crippen LogP contribution in [0.3, 0.4) is 0 Å². The second-order valence-corrected chi connectivity index (χ2v) is 12.2. The number of carbonyl (C=O) groups excluding carboxylic acids is 1. The average molecular weight is 524 g/mol. The molecule has 1 atom stereocenters. The normalized spacial score (nSPS) is 18.3. The molecule has 5 nitrogen and oxygen atoms in total. The number of benzene rings is 2. The third kappa shape index (κ3) is 5.96. The first-order valence-corrected chi connectivity index (χ1v) is 14.5. The third-order valence-corrected chi connectivity index (χ3v) is 9.49. The third-order valence-electron chi connectivity index (χ3n) is 7.07. The van der Waals surface area contributed by atoms with Crippen LogP contribution in [0.15, 0.2) is 36.4 Å². The topological polar surface area (TPSA) is 66.5 Å². The van der Waals surface area contributed by atoms with Gasteiger partial charge in [-0.15, -0.1) is 0 Å². The zero-order chi connectivity index (χ0) is 24.3. The number of piperidine rings is 1. The number of rotatable bonds is 7. The van der Waals surface area contributed by atoms with Gasteiger partial charge in [0.1, 0.15) is 0 Å². The molecular weight excluding hydrogens is 491 g/mol. The molecule has 0 saturated carbocycles. The molecule has 4 rings (SSSR count). The number of hydrogen-bond acceptors (Lipinski definition) is 3. The molecule has 2 aromatic rings. The molecule has 2 aromatic carbocycles. The van der Waals surface area contributed by atoms with Crippen molar-refractivity contribution in [2.75, 3.05) is 13.1 Å². The van der Waals surface area contributed by atoms with Gasteiger partial charge < -0.3 is 5.32 Å². The lowest BCUT2D eigenvalue weighted by atomic mass is 9.88. The summed E-state index contributed by atoms with van der Waals surface area (Å²) in [6, 6.07) is 11.4. The number of sulfonamides is 1. The number of amides is 1. The van der Waals surface area contributed by atoms with Crippen LogP contribution in [0.5, 0.6) is 0 Å². The predicted molar refractivity (Wildman–Crippen MR) is 138 cm³/mol. The highest BCUT2D eigenvalue weighted by Crippen LogP contribution is 2.29. The van der Waals surface area contributed by atoms with Crippen LogP contribution in [0.4, 0.5) is 0 Å². The van der Waals surface area contributed by atoms with Crippen LogP contribution in [-0.4, -0.2) is 31.7 Å². The maximum atomic E-state index is 13.0. The van der Waals surface area contributed by atoms with Gasteiger partial charge in [0.15, 0.2) is 0 Å². The molecule has 1 saturated heterocycles. The van der Waals surface area contributed by atoms with Gasteiger partial charge in [-0.25, -0.2) is 12.7 Å². The first-order chi connectivity index (χ1) is 16.3. The second-order valence-electron chi connectivity index (χ2n) is 9.37. The molecule has 0 radical (unpaired) electrons. The monoisotopic (exact) mass is 522 g/mol. The minimum absolute atomic E-state index is 0.0161. The number of fused-ring (bicyclic) bond motifs is 1. The highest BCUT2D eigenvalue weighted by Gasteiger charge is 2.32. The zero-order valence-electron chi connectivity index (χ0n) is 19.5. The Labute approximate surface area is 212 Å². The smallest absolute Gasteiger partial charge is 0.223 e. The number of nitrogens with one attached hydrogen (secondary N) is 1. The lowest BCUT2D eigenvalue weighted by Crippen LogP contribution is -2.44. The maximum absolute atomic E-state index is 13.0. The van der Waals surface area contributed by atoms with Gasteiger partial charge in [-0.05, 0) is 79.3 Å². The highest BCUT2D eigenvalue weighted by molar-refractivity contribution is 7.88. The summed E-state index contributed by atoms with van der Waals surface area (Å²) in [5.41, 5.74) is 4.54. The van der Waals surface area contributed by atoms with Gasteiger partial charge in [-0.1, -0.05) is 54.4 Å². The van der Waals surface area contributed by atoms with Crippen LogP contribution in [0.25, 0.3) is 0 Å². The van der Waals surface area contributed by atoms with Crippen molar-refractivity contribution >= 4 is 39.1 Å². The standard InChI is InChI=1S/C26H32Cl2N2O3S/c1-2-25(21-8-7-18-5-3-4-6-20(18)15-21)29-26(31)19-11-13-30(14-12-19)34(32,33)17-22-9-10-23(27)16-24(22)28/h7-10,15-16,19,25H,2-6,11-14,17H2,1H3,(H,29,31)/t25-/m1/s1. The fraction of sp³-hybridized carbons (Fsp3) is 0.500. The number of hydrogen-bond donors (Lipinski definition) is 1. The summed E-state index contributed by atoms with van der Waals surface area (Å²) in [6.07, 6.45) is 6.58. The summed E-state index contributed by atoms with van der Waals surface area (Å²) in [5, 5.41) is 4.05. The van der Waals surface area contributed by atoms with Gasteiger partial charge in [0.2, 0.25) is 15.9 Å². The molecule has 2 aliphatic rings. The van der Waals surface area contributed by atoms with Crippen LogP contribution >= 0.6 is 23.2 Å². The van der Waals surface area contributed by atoms with Crippen molar-refractivity contribution in [1.82, 2.24) is 9.62 Å². The van der Waals surface area contributed by atoms with Crippen molar-refractivity contribution in [1.29, 1.82) is 0 Å². The molecule has 1 heterocycles. The maximum Gasteiger partial charge on any atom is 0.223 e. The first-order valence-electron chi connectivity index (χ1n) is 12.1. The molecule has 0 bridgehead atoms. The Bertz CT molecular complexity index is 1140. The van der Waals surface area contributed by atoms with Crippen molar-refractivity contribution in [2.24, 2.45) is 5.92 Å². The number of halogens is 2. The summed E-state index contributed by atoms with van der Waals surface area (Å²) >= 11 is 12.1. The van der Waals surface area contributed by atoms with Gasteiger partial charge in [-0.3, -0.25) is 4.79 Å². The molecule has 1 amide bonds. The molecular formula is C26H32Cl2N2O3S. The van der Waals surface area contributed by atoms with Gasteiger partial charge >= 0.3 is 0 Å². The fourth-order valence-electron chi connectivity index (χ4n) is 5.00.